The second-order valence-electron chi connectivity index (χ2n) is 12.2. The molecule has 2 saturated heterocycles. The summed E-state index contributed by atoms with van der Waals surface area (Å²) >= 11 is -1.51. The molecule has 1 amide bonds. The van der Waals surface area contributed by atoms with Gasteiger partial charge in [0.2, 0.25) is 0 Å². The fraction of sp³-hybridized carbons (Fsp3) is 0.742. The molecule has 0 aliphatic carbocycles. The number of aliphatic carboxylic acids is 1. The third-order valence-corrected chi connectivity index (χ3v) is 12.4. The van der Waals surface area contributed by atoms with Crippen molar-refractivity contribution in [2.45, 2.75) is 70.1 Å². The minimum absolute atomic E-state index is 0.121. The van der Waals surface area contributed by atoms with Crippen LogP contribution < -0.4 is 23.2 Å². The van der Waals surface area contributed by atoms with E-state index in [1.807, 2.05) is 17.0 Å². The van der Waals surface area contributed by atoms with Crippen LogP contribution in [0.1, 0.15) is 62.5 Å². The van der Waals surface area contributed by atoms with Crippen LogP contribution in [0.4, 0.5) is 0 Å². The topological polar surface area (TPSA) is 88.5 Å². The minimum atomic E-state index is -1.51. The molecule has 3 aliphatic heterocycles. The summed E-state index contributed by atoms with van der Waals surface area (Å²) in [5.41, 5.74) is 2.17. The smallest absolute Gasteiger partial charge is 0.350 e. The molecule has 0 unspecified atom stereocenters. The maximum absolute atomic E-state index is 13.8. The molecular formula is C31H50IN2O6-. The van der Waals surface area contributed by atoms with Gasteiger partial charge in [0.25, 0.3) is 0 Å². The molecule has 1 N–H and O–H groups in total. The Morgan fingerprint density at radius 3 is 2.50 bits per heavy atom. The van der Waals surface area contributed by atoms with Gasteiger partial charge in [-0.05, 0) is 11.6 Å². The second kappa shape index (κ2) is 14.6. The Labute approximate surface area is 244 Å². The summed E-state index contributed by atoms with van der Waals surface area (Å²) in [6, 6.07) is 5.86. The van der Waals surface area contributed by atoms with Crippen LogP contribution in [-0.2, 0) is 25.5 Å². The van der Waals surface area contributed by atoms with Crippen LogP contribution in [0.5, 0.6) is 5.75 Å². The van der Waals surface area contributed by atoms with Crippen LogP contribution in [0.2, 0.25) is 0 Å². The van der Waals surface area contributed by atoms with Crippen molar-refractivity contribution in [3.8, 4) is 5.75 Å². The van der Waals surface area contributed by atoms with Gasteiger partial charge in [-0.2, -0.15) is 0 Å². The van der Waals surface area contributed by atoms with Gasteiger partial charge >= 0.3 is 188 Å². The summed E-state index contributed by atoms with van der Waals surface area (Å²) in [4.78, 5) is 38.0. The standard InChI is InChI=1S/C31H50IN2O6/c1-5-6-15-33(16-8-7-14-32(2,3)4)28(35)22-34-21-25(23-9-11-27-24(20-23)13-17-38-27)30(31(36)37)26(34)10-12-29-39-18-19-40-29/h9,11,20,25-26,29-30H,5-8,10,12-19,21-22H2,1-4H3,(H,36,37)/q-1/t25-,26+,30-/m1/s1. The molecule has 40 heavy (non-hydrogen) atoms. The molecule has 0 aromatic heterocycles. The van der Waals surface area contributed by atoms with Gasteiger partial charge in [0.1, 0.15) is 5.75 Å². The molecule has 0 spiro atoms. The van der Waals surface area contributed by atoms with E-state index in [0.717, 1.165) is 55.6 Å². The summed E-state index contributed by atoms with van der Waals surface area (Å²) in [7, 11) is 0. The van der Waals surface area contributed by atoms with Crippen molar-refractivity contribution in [1.29, 1.82) is 0 Å². The first-order valence-electron chi connectivity index (χ1n) is 14.9. The van der Waals surface area contributed by atoms with E-state index >= 15 is 0 Å². The van der Waals surface area contributed by atoms with Crippen molar-refractivity contribution in [2.75, 3.05) is 65.2 Å². The number of alkyl halides is 4. The Morgan fingerprint density at radius 1 is 1.05 bits per heavy atom. The van der Waals surface area contributed by atoms with Crippen molar-refractivity contribution in [2.24, 2.45) is 5.92 Å². The molecule has 3 atom stereocenters. The number of halogens is 1. The Balaban J connectivity index is 1.50. The van der Waals surface area contributed by atoms with E-state index in [0.29, 0.717) is 39.2 Å². The van der Waals surface area contributed by atoms with Crippen LogP contribution in [0.3, 0.4) is 0 Å². The number of hydrogen-bond donors (Lipinski definition) is 1. The molecule has 228 valence electrons. The Hall–Kier alpha value is -1.43. The number of carbonyl (C=O) groups is 2. The van der Waals surface area contributed by atoms with E-state index in [1.165, 1.54) is 10.8 Å². The van der Waals surface area contributed by atoms with E-state index in [2.05, 4.69) is 32.7 Å². The molecule has 0 saturated carbocycles. The number of amides is 1. The number of fused-ring (bicyclic) bond motifs is 1. The monoisotopic (exact) mass is 673 g/mol. The van der Waals surface area contributed by atoms with Crippen LogP contribution in [0.15, 0.2) is 18.2 Å². The summed E-state index contributed by atoms with van der Waals surface area (Å²) in [6.07, 6.45) is 6.03. The van der Waals surface area contributed by atoms with Gasteiger partial charge in [-0.1, -0.05) is 0 Å². The van der Waals surface area contributed by atoms with Gasteiger partial charge in [0.15, 0.2) is 0 Å². The Kier molecular flexibility index (Phi) is 11.5. The summed E-state index contributed by atoms with van der Waals surface area (Å²) in [5, 5.41) is 10.5. The molecular weight excluding hydrogens is 623 g/mol. The van der Waals surface area contributed by atoms with Crippen LogP contribution in [0.25, 0.3) is 0 Å². The first-order valence-corrected chi connectivity index (χ1v) is 22.9. The van der Waals surface area contributed by atoms with Gasteiger partial charge in [-0.3, -0.25) is 0 Å². The average Bonchev–Trinajstić information content (AvgIpc) is 3.66. The van der Waals surface area contributed by atoms with Crippen molar-refractivity contribution < 1.29 is 47.3 Å². The van der Waals surface area contributed by atoms with Gasteiger partial charge < -0.3 is 14.2 Å². The van der Waals surface area contributed by atoms with E-state index in [-0.39, 0.29) is 30.7 Å². The quantitative estimate of drug-likeness (QED) is 0.167. The van der Waals surface area contributed by atoms with Crippen molar-refractivity contribution in [3.05, 3.63) is 29.3 Å². The maximum atomic E-state index is 13.8. The molecule has 9 heteroatoms. The molecule has 8 nitrogen and oxygen atoms in total. The number of nitrogens with zero attached hydrogens (tertiary/aromatic N) is 2. The molecule has 0 radical (unpaired) electrons. The van der Waals surface area contributed by atoms with E-state index in [9.17, 15) is 14.7 Å². The summed E-state index contributed by atoms with van der Waals surface area (Å²) < 4.78 is 18.4. The number of benzene rings is 1. The average molecular weight is 674 g/mol. The van der Waals surface area contributed by atoms with Crippen molar-refractivity contribution >= 4 is 11.9 Å². The third-order valence-electron chi connectivity index (χ3n) is 8.42. The summed E-state index contributed by atoms with van der Waals surface area (Å²) in [5.74, 6) is -0.569. The van der Waals surface area contributed by atoms with Gasteiger partial charge in [-0.15, -0.1) is 0 Å². The molecule has 3 heterocycles. The van der Waals surface area contributed by atoms with E-state index in [4.69, 9.17) is 14.2 Å². The zero-order valence-corrected chi connectivity index (χ0v) is 27.1. The molecule has 0 bridgehead atoms. The molecule has 1 aromatic rings. The number of hydrogen-bond acceptors (Lipinski definition) is 6. The molecule has 1 aromatic carbocycles. The number of ether oxygens (including phenoxy) is 3. The summed E-state index contributed by atoms with van der Waals surface area (Å²) in [6.45, 7) is 6.34. The number of unbranched alkanes of at least 4 members (excludes halogenated alkanes) is 2. The van der Waals surface area contributed by atoms with Crippen LogP contribution >= 0.6 is 0 Å². The number of likely N-dealkylation sites (tertiary alicyclic amines) is 1. The van der Waals surface area contributed by atoms with Crippen LogP contribution in [0, 0.1) is 5.92 Å². The van der Waals surface area contributed by atoms with Crippen molar-refractivity contribution in [1.82, 2.24) is 9.80 Å². The first kappa shape index (κ1) is 31.5. The molecule has 2 fully saturated rings. The van der Waals surface area contributed by atoms with Gasteiger partial charge in [0.05, 0.1) is 19.8 Å². The second-order valence-corrected chi connectivity index (χ2v) is 24.4. The van der Waals surface area contributed by atoms with Crippen LogP contribution in [-0.4, -0.2) is 104 Å². The fourth-order valence-electron chi connectivity index (χ4n) is 6.29. The van der Waals surface area contributed by atoms with E-state index < -0.39 is 30.3 Å². The predicted molar refractivity (Wildman–Crippen MR) is 153 cm³/mol. The first-order chi connectivity index (χ1) is 19.2. The molecule has 4 rings (SSSR count). The fourth-order valence-corrected chi connectivity index (χ4v) is 9.12. The number of carboxylic acid groups (broad SMARTS) is 1. The van der Waals surface area contributed by atoms with Crippen molar-refractivity contribution in [3.63, 3.8) is 0 Å². The third kappa shape index (κ3) is 8.55. The zero-order valence-electron chi connectivity index (χ0n) is 24.9. The minimum Gasteiger partial charge on any atom is -0.350 e. The van der Waals surface area contributed by atoms with Gasteiger partial charge in [0, 0.05) is 6.42 Å². The van der Waals surface area contributed by atoms with Gasteiger partial charge in [-0.25, -0.2) is 0 Å². The number of rotatable bonds is 15. The Morgan fingerprint density at radius 2 is 1.80 bits per heavy atom. The molecule has 3 aliphatic rings. The van der Waals surface area contributed by atoms with E-state index in [1.54, 1.807) is 0 Å². The zero-order chi connectivity index (χ0) is 28.7. The normalized spacial score (nSPS) is 23.8. The number of carbonyl (C=O) groups excluding carboxylic acids is 1. The predicted octanol–water partition coefficient (Wildman–Crippen LogP) is 0.702. The Bertz CT molecular complexity index is 993. The number of carboxylic acids is 1. The SMILES string of the molecule is CCCCN(CCCC[I-](C)(C)C)C(=O)CN1C[C@H](c2ccc3c(c2)CCO3)[C@@H](C(=O)O)[C@@H]1CCC1OCCO1.